The van der Waals surface area contributed by atoms with Crippen molar-refractivity contribution in [2.24, 2.45) is 0 Å². The predicted molar refractivity (Wildman–Crippen MR) is 84.6 cm³/mol. The van der Waals surface area contributed by atoms with E-state index in [-0.39, 0.29) is 5.41 Å². The van der Waals surface area contributed by atoms with Crippen LogP contribution in [0.2, 0.25) is 0 Å². The number of anilines is 1. The van der Waals surface area contributed by atoms with Crippen LogP contribution >= 0.6 is 0 Å². The molecule has 1 nitrogen and oxygen atoms in total. The Morgan fingerprint density at radius 3 is 2.16 bits per heavy atom. The smallest absolute Gasteiger partial charge is 0.0431 e. The zero-order valence-corrected chi connectivity index (χ0v) is 11.7. The summed E-state index contributed by atoms with van der Waals surface area (Å²) in [6, 6.07) is 17.1. The molecule has 1 heteroatoms. The first-order valence-corrected chi connectivity index (χ1v) is 6.69. The van der Waals surface area contributed by atoms with E-state index in [4.69, 9.17) is 5.73 Å². The standard InChI is InChI=1S/C18H19N/c1-18(2,3)16-11-10-14-13-7-5-4-6-12(13)8-9-15(14)17(16)19/h4-11H,19H2,1-3H3. The van der Waals surface area contributed by atoms with Gasteiger partial charge in [0.2, 0.25) is 0 Å². The fourth-order valence-electron chi connectivity index (χ4n) is 2.77. The average molecular weight is 249 g/mol. The Morgan fingerprint density at radius 1 is 0.737 bits per heavy atom. The molecule has 96 valence electrons. The molecule has 0 unspecified atom stereocenters. The van der Waals surface area contributed by atoms with Gasteiger partial charge in [-0.2, -0.15) is 0 Å². The highest BCUT2D eigenvalue weighted by Gasteiger charge is 2.18. The lowest BCUT2D eigenvalue weighted by atomic mass is 9.84. The van der Waals surface area contributed by atoms with Crippen molar-refractivity contribution in [1.82, 2.24) is 0 Å². The van der Waals surface area contributed by atoms with Gasteiger partial charge in [-0.25, -0.2) is 0 Å². The molecule has 0 saturated carbocycles. The van der Waals surface area contributed by atoms with Gasteiger partial charge in [-0.05, 0) is 27.1 Å². The van der Waals surface area contributed by atoms with E-state index in [0.29, 0.717) is 0 Å². The normalized spacial score (nSPS) is 12.2. The summed E-state index contributed by atoms with van der Waals surface area (Å²) in [6.45, 7) is 6.60. The molecule has 0 atom stereocenters. The SMILES string of the molecule is CC(C)(C)c1ccc2c(ccc3ccccc32)c1N. The lowest BCUT2D eigenvalue weighted by Crippen LogP contribution is -2.14. The minimum absolute atomic E-state index is 0.0733. The van der Waals surface area contributed by atoms with Crippen molar-refractivity contribution in [2.75, 3.05) is 5.73 Å². The lowest BCUT2D eigenvalue weighted by molar-refractivity contribution is 0.593. The Hall–Kier alpha value is -2.02. The third-order valence-corrected chi connectivity index (χ3v) is 3.78. The second-order valence-electron chi connectivity index (χ2n) is 6.16. The summed E-state index contributed by atoms with van der Waals surface area (Å²) in [5, 5.41) is 4.93. The van der Waals surface area contributed by atoms with E-state index in [1.165, 1.54) is 21.7 Å². The quantitative estimate of drug-likeness (QED) is 0.446. The van der Waals surface area contributed by atoms with E-state index in [1.54, 1.807) is 0 Å². The fraction of sp³-hybridized carbons (Fsp3) is 0.222. The highest BCUT2D eigenvalue weighted by atomic mass is 14.6. The second kappa shape index (κ2) is 3.99. The molecule has 0 aliphatic heterocycles. The van der Waals surface area contributed by atoms with Crippen molar-refractivity contribution in [3.05, 3.63) is 54.1 Å². The van der Waals surface area contributed by atoms with Gasteiger partial charge in [-0.15, -0.1) is 0 Å². The van der Waals surface area contributed by atoms with Crippen molar-refractivity contribution in [3.63, 3.8) is 0 Å². The lowest BCUT2D eigenvalue weighted by Gasteiger charge is -2.22. The third-order valence-electron chi connectivity index (χ3n) is 3.78. The summed E-state index contributed by atoms with van der Waals surface area (Å²) in [6.07, 6.45) is 0. The van der Waals surface area contributed by atoms with Crippen LogP contribution < -0.4 is 5.73 Å². The Labute approximate surface area is 114 Å². The van der Waals surface area contributed by atoms with Crippen molar-refractivity contribution >= 4 is 27.2 Å². The van der Waals surface area contributed by atoms with E-state index >= 15 is 0 Å². The van der Waals surface area contributed by atoms with Gasteiger partial charge in [-0.1, -0.05) is 69.3 Å². The Kier molecular flexibility index (Phi) is 2.53. The molecule has 0 aliphatic carbocycles. The Bertz CT molecular complexity index is 764. The maximum Gasteiger partial charge on any atom is 0.0431 e. The van der Waals surface area contributed by atoms with Gasteiger partial charge in [-0.3, -0.25) is 0 Å². The van der Waals surface area contributed by atoms with Crippen LogP contribution in [0.1, 0.15) is 26.3 Å². The number of hydrogen-bond acceptors (Lipinski definition) is 1. The number of hydrogen-bond donors (Lipinski definition) is 1. The number of fused-ring (bicyclic) bond motifs is 3. The number of benzene rings is 3. The summed E-state index contributed by atoms with van der Waals surface area (Å²) in [5.74, 6) is 0. The van der Waals surface area contributed by atoms with E-state index in [1.807, 2.05) is 0 Å². The van der Waals surface area contributed by atoms with Gasteiger partial charge in [0, 0.05) is 11.1 Å². The maximum atomic E-state index is 6.40. The largest absolute Gasteiger partial charge is 0.398 e. The van der Waals surface area contributed by atoms with Gasteiger partial charge < -0.3 is 5.73 Å². The molecule has 0 amide bonds. The monoisotopic (exact) mass is 249 g/mol. The summed E-state index contributed by atoms with van der Waals surface area (Å²) >= 11 is 0. The number of nitrogens with two attached hydrogens (primary N) is 1. The van der Waals surface area contributed by atoms with E-state index in [0.717, 1.165) is 11.1 Å². The van der Waals surface area contributed by atoms with Crippen LogP contribution in [0, 0.1) is 0 Å². The molecule has 3 rings (SSSR count). The zero-order valence-electron chi connectivity index (χ0n) is 11.7. The first-order chi connectivity index (χ1) is 8.98. The average Bonchev–Trinajstić information content (AvgIpc) is 2.37. The molecule has 3 aromatic carbocycles. The fourth-order valence-corrected chi connectivity index (χ4v) is 2.77. The molecule has 0 heterocycles. The maximum absolute atomic E-state index is 6.40. The molecule has 0 saturated heterocycles. The van der Waals surface area contributed by atoms with E-state index in [9.17, 15) is 0 Å². The topological polar surface area (TPSA) is 26.0 Å². The van der Waals surface area contributed by atoms with Gasteiger partial charge in [0.15, 0.2) is 0 Å². The molecule has 0 radical (unpaired) electrons. The van der Waals surface area contributed by atoms with Gasteiger partial charge in [0.1, 0.15) is 0 Å². The van der Waals surface area contributed by atoms with Gasteiger partial charge in [0.25, 0.3) is 0 Å². The zero-order chi connectivity index (χ0) is 13.6. The summed E-state index contributed by atoms with van der Waals surface area (Å²) in [4.78, 5) is 0. The van der Waals surface area contributed by atoms with Crippen molar-refractivity contribution < 1.29 is 0 Å². The molecular formula is C18H19N. The first kappa shape index (κ1) is 12.0. The van der Waals surface area contributed by atoms with Crippen LogP contribution in [0.15, 0.2) is 48.5 Å². The first-order valence-electron chi connectivity index (χ1n) is 6.69. The Morgan fingerprint density at radius 2 is 1.42 bits per heavy atom. The van der Waals surface area contributed by atoms with Gasteiger partial charge >= 0.3 is 0 Å². The highest BCUT2D eigenvalue weighted by molar-refractivity contribution is 6.11. The highest BCUT2D eigenvalue weighted by Crippen LogP contribution is 2.36. The molecular weight excluding hydrogens is 230 g/mol. The van der Waals surface area contributed by atoms with Gasteiger partial charge in [0.05, 0.1) is 0 Å². The molecule has 0 aliphatic rings. The predicted octanol–water partition coefficient (Wildman–Crippen LogP) is 4.87. The van der Waals surface area contributed by atoms with Crippen LogP contribution in [-0.4, -0.2) is 0 Å². The minimum atomic E-state index is 0.0733. The minimum Gasteiger partial charge on any atom is -0.398 e. The second-order valence-corrected chi connectivity index (χ2v) is 6.16. The third kappa shape index (κ3) is 1.86. The molecule has 0 aromatic heterocycles. The van der Waals surface area contributed by atoms with Crippen molar-refractivity contribution in [2.45, 2.75) is 26.2 Å². The molecule has 0 spiro atoms. The van der Waals surface area contributed by atoms with Crippen LogP contribution in [-0.2, 0) is 5.41 Å². The molecule has 0 bridgehead atoms. The molecule has 2 N–H and O–H groups in total. The Balaban J connectivity index is 2.43. The molecule has 0 fully saturated rings. The number of rotatable bonds is 0. The molecule has 19 heavy (non-hydrogen) atoms. The summed E-state index contributed by atoms with van der Waals surface area (Å²) in [5.41, 5.74) is 8.60. The van der Waals surface area contributed by atoms with Crippen LogP contribution in [0.25, 0.3) is 21.5 Å². The van der Waals surface area contributed by atoms with Crippen LogP contribution in [0.5, 0.6) is 0 Å². The van der Waals surface area contributed by atoms with E-state index in [2.05, 4.69) is 69.3 Å². The summed E-state index contributed by atoms with van der Waals surface area (Å²) in [7, 11) is 0. The molecule has 3 aromatic rings. The van der Waals surface area contributed by atoms with Crippen LogP contribution in [0.3, 0.4) is 0 Å². The van der Waals surface area contributed by atoms with Crippen LogP contribution in [0.4, 0.5) is 5.69 Å². The van der Waals surface area contributed by atoms with Crippen molar-refractivity contribution in [1.29, 1.82) is 0 Å². The number of nitrogen functional groups attached to an aromatic ring is 1. The van der Waals surface area contributed by atoms with Crippen molar-refractivity contribution in [3.8, 4) is 0 Å². The summed E-state index contributed by atoms with van der Waals surface area (Å²) < 4.78 is 0. The van der Waals surface area contributed by atoms with E-state index < -0.39 is 0 Å².